The van der Waals surface area contributed by atoms with Gasteiger partial charge in [0.25, 0.3) is 0 Å². The first-order chi connectivity index (χ1) is 13.4. The molecule has 2 heterocycles. The molecule has 2 rings (SSSR count). The van der Waals surface area contributed by atoms with Crippen LogP contribution in [0.15, 0.2) is 12.3 Å². The second kappa shape index (κ2) is 8.54. The summed E-state index contributed by atoms with van der Waals surface area (Å²) in [5.74, 6) is -0.171. The molecule has 0 spiro atoms. The minimum Gasteiger partial charge on any atom is -0.434 e. The van der Waals surface area contributed by atoms with Crippen LogP contribution in [-0.4, -0.2) is 33.1 Å². The minimum absolute atomic E-state index is 0.00887. The van der Waals surface area contributed by atoms with Crippen molar-refractivity contribution in [1.82, 2.24) is 14.8 Å². The van der Waals surface area contributed by atoms with Gasteiger partial charge in [0.05, 0.1) is 23.4 Å². The van der Waals surface area contributed by atoms with Crippen LogP contribution in [0.1, 0.15) is 45.4 Å². The molecule has 2 aromatic heterocycles. The average molecular weight is 420 g/mol. The van der Waals surface area contributed by atoms with Crippen LogP contribution in [0.25, 0.3) is 11.3 Å². The zero-order valence-corrected chi connectivity index (χ0v) is 17.0. The van der Waals surface area contributed by atoms with Gasteiger partial charge in [-0.3, -0.25) is 4.68 Å². The molecule has 10 heteroatoms. The van der Waals surface area contributed by atoms with Gasteiger partial charge in [-0.15, -0.1) is 0 Å². The number of nitrogens with one attached hydrogen (secondary N) is 1. The van der Waals surface area contributed by atoms with Crippen molar-refractivity contribution >= 4 is 5.82 Å². The molecule has 0 fully saturated rings. The molecule has 0 atom stereocenters. The van der Waals surface area contributed by atoms with Gasteiger partial charge in [0.15, 0.2) is 0 Å². The van der Waals surface area contributed by atoms with Gasteiger partial charge in [-0.2, -0.15) is 27.1 Å². The summed E-state index contributed by atoms with van der Waals surface area (Å²) in [5, 5.41) is 7.12. The number of alkyl halides is 5. The Morgan fingerprint density at radius 1 is 1.21 bits per heavy atom. The van der Waals surface area contributed by atoms with Gasteiger partial charge in [-0.05, 0) is 39.7 Å². The van der Waals surface area contributed by atoms with Gasteiger partial charge in [0.2, 0.25) is 0 Å². The Kier molecular flexibility index (Phi) is 6.74. The molecule has 0 aliphatic heterocycles. The predicted molar refractivity (Wildman–Crippen MR) is 100 cm³/mol. The highest BCUT2D eigenvalue weighted by Crippen LogP contribution is 2.37. The number of anilines is 1. The fraction of sp³-hybridized carbons (Fsp3) is 0.579. The zero-order chi connectivity index (χ0) is 22.0. The Hall–Kier alpha value is -2.39. The van der Waals surface area contributed by atoms with Crippen LogP contribution in [0.5, 0.6) is 5.75 Å². The largest absolute Gasteiger partial charge is 0.434 e. The third-order valence-corrected chi connectivity index (χ3v) is 4.37. The van der Waals surface area contributed by atoms with E-state index in [1.165, 1.54) is 26.1 Å². The number of hydrogen-bond donors (Lipinski definition) is 1. The van der Waals surface area contributed by atoms with Crippen molar-refractivity contribution in [3.63, 3.8) is 0 Å². The first kappa shape index (κ1) is 22.9. The highest BCUT2D eigenvalue weighted by atomic mass is 19.4. The Morgan fingerprint density at radius 2 is 1.86 bits per heavy atom. The molecular weight excluding hydrogens is 395 g/mol. The van der Waals surface area contributed by atoms with Gasteiger partial charge >= 0.3 is 12.8 Å². The molecule has 0 unspecified atom stereocenters. The summed E-state index contributed by atoms with van der Waals surface area (Å²) in [6, 6.07) is 1.19. The summed E-state index contributed by atoms with van der Waals surface area (Å²) < 4.78 is 70.7. The van der Waals surface area contributed by atoms with E-state index in [9.17, 15) is 22.0 Å². The van der Waals surface area contributed by atoms with E-state index in [2.05, 4.69) is 20.1 Å². The smallest absolute Gasteiger partial charge is 0.391 e. The van der Waals surface area contributed by atoms with Gasteiger partial charge in [-0.25, -0.2) is 4.98 Å². The lowest BCUT2D eigenvalue weighted by Crippen LogP contribution is -2.36. The van der Waals surface area contributed by atoms with Crippen molar-refractivity contribution in [1.29, 1.82) is 0 Å². The minimum atomic E-state index is -4.39. The lowest BCUT2D eigenvalue weighted by Gasteiger charge is -2.28. The highest BCUT2D eigenvalue weighted by molar-refractivity contribution is 5.72. The van der Waals surface area contributed by atoms with Gasteiger partial charge in [-0.1, -0.05) is 6.92 Å². The number of ether oxygens (including phenoxy) is 1. The number of halogens is 5. The van der Waals surface area contributed by atoms with Crippen molar-refractivity contribution in [2.45, 2.75) is 72.3 Å². The average Bonchev–Trinajstić information content (AvgIpc) is 2.87. The maximum Gasteiger partial charge on any atom is 0.391 e. The van der Waals surface area contributed by atoms with Crippen LogP contribution in [0.4, 0.5) is 27.8 Å². The molecule has 0 aliphatic rings. The number of pyridine rings is 1. The molecule has 0 bridgehead atoms. The Morgan fingerprint density at radius 3 is 2.38 bits per heavy atom. The maximum atomic E-state index is 13.0. The van der Waals surface area contributed by atoms with Gasteiger partial charge in [0, 0.05) is 24.3 Å². The van der Waals surface area contributed by atoms with Crippen molar-refractivity contribution in [2.75, 3.05) is 5.32 Å². The van der Waals surface area contributed by atoms with Crippen molar-refractivity contribution in [3.05, 3.63) is 23.5 Å². The third-order valence-electron chi connectivity index (χ3n) is 4.37. The van der Waals surface area contributed by atoms with E-state index in [0.29, 0.717) is 24.2 Å². The first-order valence-electron chi connectivity index (χ1n) is 9.23. The Balaban J connectivity index is 2.50. The summed E-state index contributed by atoms with van der Waals surface area (Å²) in [6.45, 7) is 5.74. The van der Waals surface area contributed by atoms with Gasteiger partial charge < -0.3 is 10.1 Å². The number of aromatic nitrogens is 3. The molecule has 0 amide bonds. The SMILES string of the molecule is CCc1nn(CC)c(-c2cnc(NC(C)(C)CC(F)(F)F)cc2OC(F)F)c1C. The van der Waals surface area contributed by atoms with E-state index in [1.807, 2.05) is 20.8 Å². The van der Waals surface area contributed by atoms with Crippen LogP contribution in [-0.2, 0) is 13.0 Å². The molecule has 0 saturated heterocycles. The lowest BCUT2D eigenvalue weighted by atomic mass is 10.00. The summed E-state index contributed by atoms with van der Waals surface area (Å²) >= 11 is 0. The Bertz CT molecular complexity index is 846. The highest BCUT2D eigenvalue weighted by Gasteiger charge is 2.36. The van der Waals surface area contributed by atoms with Crippen molar-refractivity contribution in [3.8, 4) is 17.0 Å². The topological polar surface area (TPSA) is 52.0 Å². The molecular formula is C19H25F5N4O. The molecule has 1 N–H and O–H groups in total. The fourth-order valence-corrected chi connectivity index (χ4v) is 3.28. The van der Waals surface area contributed by atoms with E-state index in [4.69, 9.17) is 0 Å². The van der Waals surface area contributed by atoms with Gasteiger partial charge in [0.1, 0.15) is 11.6 Å². The van der Waals surface area contributed by atoms with Crippen LogP contribution in [0.3, 0.4) is 0 Å². The number of nitrogens with zero attached hydrogens (tertiary/aromatic N) is 3. The molecule has 2 aromatic rings. The van der Waals surface area contributed by atoms with Crippen LogP contribution in [0, 0.1) is 6.92 Å². The second-order valence-electron chi connectivity index (χ2n) is 7.33. The monoisotopic (exact) mass is 420 g/mol. The van der Waals surface area contributed by atoms with Crippen LogP contribution in [0.2, 0.25) is 0 Å². The standard InChI is InChI=1S/C19H25F5N4O/c1-6-13-11(3)16(28(7-2)27-13)12-9-25-15(8-14(12)29-17(20)21)26-18(4,5)10-19(22,23)24/h8-9,17H,6-7,10H2,1-5H3,(H,25,26). The van der Waals surface area contributed by atoms with E-state index in [1.54, 1.807) is 4.68 Å². The van der Waals surface area contributed by atoms with Crippen LogP contribution < -0.4 is 10.1 Å². The number of aryl methyl sites for hydroxylation is 2. The van der Waals surface area contributed by atoms with E-state index < -0.39 is 24.7 Å². The van der Waals surface area contributed by atoms with E-state index >= 15 is 0 Å². The quantitative estimate of drug-likeness (QED) is 0.567. The molecule has 0 saturated carbocycles. The second-order valence-corrected chi connectivity index (χ2v) is 7.33. The summed E-state index contributed by atoms with van der Waals surface area (Å²) in [7, 11) is 0. The number of rotatable bonds is 8. The molecule has 29 heavy (non-hydrogen) atoms. The molecule has 5 nitrogen and oxygen atoms in total. The first-order valence-corrected chi connectivity index (χ1v) is 9.23. The Labute approximate surface area is 166 Å². The number of hydrogen-bond acceptors (Lipinski definition) is 4. The van der Waals surface area contributed by atoms with Crippen LogP contribution >= 0.6 is 0 Å². The molecule has 0 radical (unpaired) electrons. The predicted octanol–water partition coefficient (Wildman–Crippen LogP) is 5.58. The summed E-state index contributed by atoms with van der Waals surface area (Å²) in [6.07, 6.45) is -3.52. The van der Waals surface area contributed by atoms with E-state index in [0.717, 1.165) is 11.3 Å². The normalized spacial score (nSPS) is 12.5. The van der Waals surface area contributed by atoms with Crippen molar-refractivity contribution < 1.29 is 26.7 Å². The third kappa shape index (κ3) is 5.80. The summed E-state index contributed by atoms with van der Waals surface area (Å²) in [5.41, 5.74) is 1.14. The summed E-state index contributed by atoms with van der Waals surface area (Å²) in [4.78, 5) is 4.15. The molecule has 0 aliphatic carbocycles. The fourth-order valence-electron chi connectivity index (χ4n) is 3.28. The maximum absolute atomic E-state index is 13.0. The van der Waals surface area contributed by atoms with Crippen molar-refractivity contribution in [2.24, 2.45) is 0 Å². The lowest BCUT2D eigenvalue weighted by molar-refractivity contribution is -0.142. The molecule has 0 aromatic carbocycles. The molecule has 162 valence electrons. The zero-order valence-electron chi connectivity index (χ0n) is 17.0. The van der Waals surface area contributed by atoms with E-state index in [-0.39, 0.29) is 11.6 Å².